The molecule has 0 spiro atoms. The largest absolute Gasteiger partial charge is 0.486 e. The lowest BCUT2D eigenvalue weighted by atomic mass is 9.99. The molecule has 1 aliphatic heterocycles. The van der Waals surface area contributed by atoms with Crippen LogP contribution in [0.4, 0.5) is 0 Å². The average molecular weight is 289 g/mol. The van der Waals surface area contributed by atoms with Crippen molar-refractivity contribution in [3.8, 4) is 5.75 Å². The molecule has 1 heterocycles. The quantitative estimate of drug-likeness (QED) is 0.899. The van der Waals surface area contributed by atoms with Gasteiger partial charge >= 0.3 is 0 Å². The van der Waals surface area contributed by atoms with Gasteiger partial charge in [0.15, 0.2) is 0 Å². The van der Waals surface area contributed by atoms with Crippen molar-refractivity contribution >= 4 is 23.2 Å². The molecule has 1 aliphatic rings. The van der Waals surface area contributed by atoms with Gasteiger partial charge in [0, 0.05) is 11.1 Å². The molecule has 0 radical (unpaired) electrons. The Kier molecular flexibility index (Phi) is 5.16. The summed E-state index contributed by atoms with van der Waals surface area (Å²) in [5, 5.41) is 1.29. The molecule has 0 unspecified atom stereocenters. The summed E-state index contributed by atoms with van der Waals surface area (Å²) < 4.78 is 5.71. The topological polar surface area (TPSA) is 13.7 Å². The molecule has 0 aliphatic carbocycles. The average Bonchev–Trinajstić information content (AvgIpc) is 2.36. The maximum Gasteiger partial charge on any atom is 0.139 e. The smallest absolute Gasteiger partial charge is 0.139 e. The summed E-state index contributed by atoms with van der Waals surface area (Å²) >= 11 is 12.0. The van der Waals surface area contributed by atoms with Crippen LogP contribution in [-0.4, -0.2) is 26.2 Å². The van der Waals surface area contributed by atoms with Crippen LogP contribution < -0.4 is 9.64 Å². The Bertz CT molecular complexity index is 389. The van der Waals surface area contributed by atoms with Crippen LogP contribution >= 0.6 is 23.2 Å². The molecule has 0 aromatic heterocycles. The first kappa shape index (κ1) is 14.0. The van der Waals surface area contributed by atoms with E-state index in [0.29, 0.717) is 22.4 Å². The molecule has 1 aromatic rings. The summed E-state index contributed by atoms with van der Waals surface area (Å²) in [4.78, 5) is 1.63. The lowest BCUT2D eigenvalue weighted by Gasteiger charge is -2.27. The van der Waals surface area contributed by atoms with Crippen molar-refractivity contribution in [2.45, 2.75) is 19.8 Å². The van der Waals surface area contributed by atoms with E-state index in [-0.39, 0.29) is 0 Å². The monoisotopic (exact) mass is 288 g/mol. The lowest BCUT2D eigenvalue weighted by Crippen LogP contribution is -3.13. The molecule has 4 heteroatoms. The predicted octanol–water partition coefficient (Wildman–Crippen LogP) is 2.69. The number of hydrogen-bond acceptors (Lipinski definition) is 1. The molecule has 18 heavy (non-hydrogen) atoms. The van der Waals surface area contributed by atoms with Crippen LogP contribution in [0.2, 0.25) is 10.0 Å². The SMILES string of the molecule is CC1CC[NH+](CCOc2cc(Cl)ccc2Cl)CC1. The second-order valence-corrected chi connectivity index (χ2v) is 5.95. The first-order valence-electron chi connectivity index (χ1n) is 6.56. The third kappa shape index (κ3) is 4.04. The number of hydrogen-bond donors (Lipinski definition) is 1. The molecule has 100 valence electrons. The van der Waals surface area contributed by atoms with Gasteiger partial charge < -0.3 is 9.64 Å². The molecule has 1 fully saturated rings. The summed E-state index contributed by atoms with van der Waals surface area (Å²) in [5.74, 6) is 1.57. The molecular weight excluding hydrogens is 269 g/mol. The Morgan fingerprint density at radius 3 is 2.72 bits per heavy atom. The van der Waals surface area contributed by atoms with Crippen LogP contribution in [0.5, 0.6) is 5.75 Å². The van der Waals surface area contributed by atoms with Gasteiger partial charge in [-0.15, -0.1) is 0 Å². The van der Waals surface area contributed by atoms with Gasteiger partial charge in [-0.3, -0.25) is 0 Å². The van der Waals surface area contributed by atoms with E-state index in [1.165, 1.54) is 25.9 Å². The molecule has 0 saturated carbocycles. The predicted molar refractivity (Wildman–Crippen MR) is 75.9 cm³/mol. The van der Waals surface area contributed by atoms with Gasteiger partial charge in [0.1, 0.15) is 18.9 Å². The second-order valence-electron chi connectivity index (χ2n) is 5.11. The van der Waals surface area contributed by atoms with Gasteiger partial charge in [-0.05, 0) is 30.9 Å². The summed E-state index contributed by atoms with van der Waals surface area (Å²) in [7, 11) is 0. The van der Waals surface area contributed by atoms with Gasteiger partial charge in [-0.2, -0.15) is 0 Å². The van der Waals surface area contributed by atoms with E-state index >= 15 is 0 Å². The number of piperidine rings is 1. The Labute approximate surface area is 119 Å². The fourth-order valence-electron chi connectivity index (χ4n) is 2.31. The van der Waals surface area contributed by atoms with E-state index in [1.807, 2.05) is 0 Å². The molecule has 1 aromatic carbocycles. The van der Waals surface area contributed by atoms with Crippen LogP contribution in [0.25, 0.3) is 0 Å². The maximum atomic E-state index is 6.05. The van der Waals surface area contributed by atoms with E-state index in [1.54, 1.807) is 23.1 Å². The normalized spacial score (nSPS) is 23.9. The zero-order valence-corrected chi connectivity index (χ0v) is 12.2. The summed E-state index contributed by atoms with van der Waals surface area (Å²) in [5.41, 5.74) is 0. The van der Waals surface area contributed by atoms with Gasteiger partial charge in [0.25, 0.3) is 0 Å². The summed E-state index contributed by atoms with van der Waals surface area (Å²) in [6.45, 7) is 6.58. The fraction of sp³-hybridized carbons (Fsp3) is 0.571. The van der Waals surface area contributed by atoms with Crippen molar-refractivity contribution in [1.82, 2.24) is 0 Å². The third-order valence-electron chi connectivity index (χ3n) is 3.59. The van der Waals surface area contributed by atoms with Crippen molar-refractivity contribution in [2.24, 2.45) is 5.92 Å². The van der Waals surface area contributed by atoms with E-state index in [4.69, 9.17) is 27.9 Å². The molecule has 0 bridgehead atoms. The number of likely N-dealkylation sites (tertiary alicyclic amines) is 1. The van der Waals surface area contributed by atoms with Crippen LogP contribution in [0.3, 0.4) is 0 Å². The standard InChI is InChI=1S/C14H19Cl2NO/c1-11-4-6-17(7-5-11)8-9-18-14-10-12(15)2-3-13(14)16/h2-3,10-11H,4-9H2,1H3/p+1. The first-order chi connectivity index (χ1) is 8.65. The lowest BCUT2D eigenvalue weighted by molar-refractivity contribution is -0.906. The van der Waals surface area contributed by atoms with E-state index in [2.05, 4.69) is 6.92 Å². The van der Waals surface area contributed by atoms with E-state index in [0.717, 1.165) is 12.5 Å². The van der Waals surface area contributed by atoms with Crippen molar-refractivity contribution in [3.63, 3.8) is 0 Å². The number of halogens is 2. The molecule has 2 nitrogen and oxygen atoms in total. The minimum absolute atomic E-state index is 0.627. The van der Waals surface area contributed by atoms with Gasteiger partial charge in [0.2, 0.25) is 0 Å². The van der Waals surface area contributed by atoms with Crippen molar-refractivity contribution in [2.75, 3.05) is 26.2 Å². The summed E-state index contributed by atoms with van der Waals surface area (Å²) in [6, 6.07) is 5.32. The van der Waals surface area contributed by atoms with Crippen LogP contribution in [0.1, 0.15) is 19.8 Å². The Morgan fingerprint density at radius 1 is 1.28 bits per heavy atom. The zero-order valence-electron chi connectivity index (χ0n) is 10.7. The van der Waals surface area contributed by atoms with E-state index < -0.39 is 0 Å². The first-order valence-corrected chi connectivity index (χ1v) is 7.32. The Balaban J connectivity index is 1.76. The van der Waals surface area contributed by atoms with E-state index in [9.17, 15) is 0 Å². The van der Waals surface area contributed by atoms with Crippen LogP contribution in [-0.2, 0) is 0 Å². The third-order valence-corrected chi connectivity index (χ3v) is 4.14. The molecule has 2 rings (SSSR count). The van der Waals surface area contributed by atoms with Crippen LogP contribution in [0.15, 0.2) is 18.2 Å². The highest BCUT2D eigenvalue weighted by Crippen LogP contribution is 2.27. The zero-order chi connectivity index (χ0) is 13.0. The number of nitrogens with one attached hydrogen (secondary N) is 1. The summed E-state index contributed by atoms with van der Waals surface area (Å²) in [6.07, 6.45) is 2.65. The van der Waals surface area contributed by atoms with Gasteiger partial charge in [-0.1, -0.05) is 30.1 Å². The minimum Gasteiger partial charge on any atom is -0.486 e. The highest BCUT2D eigenvalue weighted by Gasteiger charge is 2.18. The van der Waals surface area contributed by atoms with Crippen LogP contribution in [0, 0.1) is 5.92 Å². The molecule has 0 amide bonds. The number of rotatable bonds is 4. The van der Waals surface area contributed by atoms with Crippen molar-refractivity contribution in [3.05, 3.63) is 28.2 Å². The number of benzene rings is 1. The van der Waals surface area contributed by atoms with Gasteiger partial charge in [0.05, 0.1) is 18.1 Å². The Morgan fingerprint density at radius 2 is 2.00 bits per heavy atom. The minimum atomic E-state index is 0.627. The number of ether oxygens (including phenoxy) is 1. The highest BCUT2D eigenvalue weighted by molar-refractivity contribution is 6.34. The highest BCUT2D eigenvalue weighted by atomic mass is 35.5. The molecular formula is C14H20Cl2NO+. The molecule has 1 saturated heterocycles. The maximum absolute atomic E-state index is 6.05. The van der Waals surface area contributed by atoms with Crippen molar-refractivity contribution in [1.29, 1.82) is 0 Å². The Hall–Kier alpha value is -0.440. The van der Waals surface area contributed by atoms with Crippen molar-refractivity contribution < 1.29 is 9.64 Å². The second kappa shape index (κ2) is 6.65. The fourth-order valence-corrected chi connectivity index (χ4v) is 2.65. The number of quaternary nitrogens is 1. The van der Waals surface area contributed by atoms with Gasteiger partial charge in [-0.25, -0.2) is 0 Å². The molecule has 0 atom stereocenters. The molecule has 1 N–H and O–H groups in total.